The van der Waals surface area contributed by atoms with Crippen LogP contribution in [0.2, 0.25) is 0 Å². The quantitative estimate of drug-likeness (QED) is 0.186. The van der Waals surface area contributed by atoms with Gasteiger partial charge in [0.05, 0.1) is 50.2 Å². The van der Waals surface area contributed by atoms with Crippen molar-refractivity contribution in [1.29, 1.82) is 5.26 Å². The molecule has 4 aromatic heterocycles. The molecule has 0 atom stereocenters. The fraction of sp³-hybridized carbons (Fsp3) is 0. The molecular weight excluding hydrogens is 647 g/mol. The lowest BCUT2D eigenvalue weighted by atomic mass is 10.0. The molecule has 0 N–H and O–H groups in total. The molecule has 0 aliphatic carbocycles. The number of para-hydroxylation sites is 6. The van der Waals surface area contributed by atoms with E-state index >= 15 is 0 Å². The molecule has 53 heavy (non-hydrogen) atoms. The van der Waals surface area contributed by atoms with Gasteiger partial charge in [0.25, 0.3) is 0 Å². The predicted molar refractivity (Wildman–Crippen MR) is 217 cm³/mol. The van der Waals surface area contributed by atoms with E-state index < -0.39 is 0 Å². The Bertz CT molecular complexity index is 3000. The number of hydrogen-bond donors (Lipinski definition) is 0. The number of hydrogen-bond acceptors (Lipinski definition) is 2. The molecule has 0 spiro atoms. The molecule has 11 aromatic rings. The van der Waals surface area contributed by atoms with Gasteiger partial charge in [0.15, 0.2) is 0 Å². The predicted octanol–water partition coefficient (Wildman–Crippen LogP) is 11.9. The molecule has 4 heterocycles. The van der Waals surface area contributed by atoms with Gasteiger partial charge in [0.1, 0.15) is 11.8 Å². The van der Waals surface area contributed by atoms with E-state index in [1.807, 2.05) is 12.3 Å². The summed E-state index contributed by atoms with van der Waals surface area (Å²) in [6.45, 7) is 0. The maximum Gasteiger partial charge on any atom is 0.140 e. The van der Waals surface area contributed by atoms with Crippen LogP contribution >= 0.6 is 0 Å². The largest absolute Gasteiger partial charge is 0.307 e. The first-order chi connectivity index (χ1) is 26.3. The minimum Gasteiger partial charge on any atom is -0.307 e. The van der Waals surface area contributed by atoms with E-state index in [1.54, 1.807) is 6.07 Å². The van der Waals surface area contributed by atoms with Gasteiger partial charge in [-0.1, -0.05) is 109 Å². The zero-order valence-corrected chi connectivity index (χ0v) is 28.5. The summed E-state index contributed by atoms with van der Waals surface area (Å²) in [4.78, 5) is 4.53. The van der Waals surface area contributed by atoms with Crippen LogP contribution in [-0.4, -0.2) is 18.7 Å². The Labute approximate surface area is 304 Å². The van der Waals surface area contributed by atoms with Gasteiger partial charge >= 0.3 is 0 Å². The number of benzene rings is 7. The second-order valence-electron chi connectivity index (χ2n) is 13.5. The highest BCUT2D eigenvalue weighted by atomic mass is 15.1. The van der Waals surface area contributed by atoms with E-state index in [4.69, 9.17) is 0 Å². The van der Waals surface area contributed by atoms with E-state index in [-0.39, 0.29) is 0 Å². The maximum absolute atomic E-state index is 9.63. The summed E-state index contributed by atoms with van der Waals surface area (Å²) < 4.78 is 7.33. The summed E-state index contributed by atoms with van der Waals surface area (Å²) in [5.74, 6) is 0. The maximum atomic E-state index is 9.63. The first-order valence-electron chi connectivity index (χ1n) is 17.8. The second kappa shape index (κ2) is 11.3. The van der Waals surface area contributed by atoms with Crippen molar-refractivity contribution in [3.63, 3.8) is 0 Å². The first kappa shape index (κ1) is 29.3. The van der Waals surface area contributed by atoms with Crippen LogP contribution in [0.1, 0.15) is 5.69 Å². The first-order valence-corrected chi connectivity index (χ1v) is 17.8. The van der Waals surface area contributed by atoms with Gasteiger partial charge < -0.3 is 13.7 Å². The second-order valence-corrected chi connectivity index (χ2v) is 13.5. The monoisotopic (exact) mass is 675 g/mol. The standard InChI is InChI=1S/C48H29N5/c49-29-33-26-25-31(30-50-33)32-27-46(51-40-19-7-1-13-34(40)35-14-2-8-20-41(35)51)48(53-44-23-11-5-17-38(44)39-18-6-12-24-45(39)53)47(28-32)52-42-21-9-3-15-36(42)37-16-4-10-22-43(37)52/h1-28,30H. The number of nitriles is 1. The Balaban J connectivity index is 1.42. The lowest BCUT2D eigenvalue weighted by Gasteiger charge is -2.23. The van der Waals surface area contributed by atoms with E-state index in [1.165, 1.54) is 32.3 Å². The number of rotatable bonds is 4. The Morgan fingerprint density at radius 3 is 1.04 bits per heavy atom. The van der Waals surface area contributed by atoms with Gasteiger partial charge in [-0.15, -0.1) is 0 Å². The zero-order chi connectivity index (χ0) is 35.0. The highest BCUT2D eigenvalue weighted by Gasteiger charge is 2.25. The van der Waals surface area contributed by atoms with Crippen LogP contribution in [0.5, 0.6) is 0 Å². The SMILES string of the molecule is N#Cc1ccc(-c2cc(-n3c4ccccc4c4ccccc43)c(-n3c4ccccc4c4ccccc43)c(-n3c4ccccc4c4ccccc43)c2)cn1. The van der Waals surface area contributed by atoms with Gasteiger partial charge in [-0.2, -0.15) is 5.26 Å². The average molecular weight is 676 g/mol. The molecule has 0 aliphatic heterocycles. The van der Waals surface area contributed by atoms with Crippen molar-refractivity contribution in [2.75, 3.05) is 0 Å². The topological polar surface area (TPSA) is 51.5 Å². The molecule has 0 saturated heterocycles. The van der Waals surface area contributed by atoms with Crippen LogP contribution in [0.4, 0.5) is 0 Å². The van der Waals surface area contributed by atoms with Crippen LogP contribution in [0.3, 0.4) is 0 Å². The van der Waals surface area contributed by atoms with Crippen molar-refractivity contribution < 1.29 is 0 Å². The number of fused-ring (bicyclic) bond motifs is 9. The molecule has 5 heteroatoms. The van der Waals surface area contributed by atoms with E-state index in [0.29, 0.717) is 5.69 Å². The van der Waals surface area contributed by atoms with Crippen LogP contribution in [-0.2, 0) is 0 Å². The lowest BCUT2D eigenvalue weighted by molar-refractivity contribution is 1.05. The number of nitrogens with zero attached hydrogens (tertiary/aromatic N) is 5. The molecule has 7 aromatic carbocycles. The molecule has 0 bridgehead atoms. The summed E-state index contributed by atoms with van der Waals surface area (Å²) in [6, 6.07) is 62.8. The Morgan fingerprint density at radius 1 is 0.377 bits per heavy atom. The van der Waals surface area contributed by atoms with Crippen molar-refractivity contribution in [3.05, 3.63) is 182 Å². The van der Waals surface area contributed by atoms with Crippen LogP contribution in [0.15, 0.2) is 176 Å². The highest BCUT2D eigenvalue weighted by Crippen LogP contribution is 2.44. The smallest absolute Gasteiger partial charge is 0.140 e. The Hall–Kier alpha value is -7.42. The van der Waals surface area contributed by atoms with E-state index in [2.05, 4.69) is 182 Å². The molecule has 0 amide bonds. The van der Waals surface area contributed by atoms with Gasteiger partial charge in [0, 0.05) is 44.1 Å². The van der Waals surface area contributed by atoms with Crippen LogP contribution < -0.4 is 0 Å². The lowest BCUT2D eigenvalue weighted by Crippen LogP contribution is -2.10. The van der Waals surface area contributed by atoms with Gasteiger partial charge in [-0.25, -0.2) is 4.98 Å². The molecule has 11 rings (SSSR count). The summed E-state index contributed by atoms with van der Waals surface area (Å²) in [5.41, 5.74) is 12.2. The van der Waals surface area contributed by atoms with Crippen molar-refractivity contribution in [2.45, 2.75) is 0 Å². The fourth-order valence-electron chi connectivity index (χ4n) is 8.50. The van der Waals surface area contributed by atoms with Gasteiger partial charge in [-0.05, 0) is 66.2 Å². The third-order valence-corrected chi connectivity index (χ3v) is 10.7. The molecule has 0 unspecified atom stereocenters. The van der Waals surface area contributed by atoms with Gasteiger partial charge in [0.2, 0.25) is 0 Å². The summed E-state index contributed by atoms with van der Waals surface area (Å²) in [5, 5.41) is 16.8. The van der Waals surface area contributed by atoms with Crippen molar-refractivity contribution >= 4 is 65.4 Å². The third-order valence-electron chi connectivity index (χ3n) is 10.7. The molecule has 0 saturated carbocycles. The van der Waals surface area contributed by atoms with Crippen molar-refractivity contribution in [1.82, 2.24) is 18.7 Å². The minimum atomic E-state index is 0.390. The molecule has 0 aliphatic rings. The van der Waals surface area contributed by atoms with Crippen molar-refractivity contribution in [2.24, 2.45) is 0 Å². The van der Waals surface area contributed by atoms with E-state index in [0.717, 1.165) is 61.3 Å². The average Bonchev–Trinajstić information content (AvgIpc) is 3.86. The molecule has 0 radical (unpaired) electrons. The molecular formula is C48H29N5. The van der Waals surface area contributed by atoms with Crippen LogP contribution in [0.25, 0.3) is 93.6 Å². The fourth-order valence-corrected chi connectivity index (χ4v) is 8.50. The number of pyridine rings is 1. The third kappa shape index (κ3) is 4.21. The molecule has 0 fully saturated rings. The zero-order valence-electron chi connectivity index (χ0n) is 28.5. The van der Waals surface area contributed by atoms with Crippen molar-refractivity contribution in [3.8, 4) is 34.3 Å². The molecule has 5 nitrogen and oxygen atoms in total. The summed E-state index contributed by atoms with van der Waals surface area (Å²) in [7, 11) is 0. The Kier molecular flexibility index (Phi) is 6.25. The Morgan fingerprint density at radius 2 is 0.717 bits per heavy atom. The normalized spacial score (nSPS) is 11.8. The number of aromatic nitrogens is 4. The summed E-state index contributed by atoms with van der Waals surface area (Å²) in [6.07, 6.45) is 1.82. The summed E-state index contributed by atoms with van der Waals surface area (Å²) >= 11 is 0. The van der Waals surface area contributed by atoms with Crippen LogP contribution in [0, 0.1) is 11.3 Å². The van der Waals surface area contributed by atoms with E-state index in [9.17, 15) is 5.26 Å². The van der Waals surface area contributed by atoms with Gasteiger partial charge in [-0.3, -0.25) is 0 Å². The molecule has 246 valence electrons. The highest BCUT2D eigenvalue weighted by molar-refractivity contribution is 6.13. The minimum absolute atomic E-state index is 0.390.